The number of nitrogens with zero attached hydrogens (tertiary/aromatic N) is 1. The molecule has 1 aromatic carbocycles. The Kier molecular flexibility index (Phi) is 4.39. The Morgan fingerprint density at radius 3 is 2.68 bits per heavy atom. The topological polar surface area (TPSA) is 3.24 Å². The van der Waals surface area contributed by atoms with E-state index in [1.54, 1.807) is 0 Å². The van der Waals surface area contributed by atoms with Gasteiger partial charge in [-0.1, -0.05) is 49.1 Å². The molecule has 0 amide bonds. The molecule has 100 valence electrons. The summed E-state index contributed by atoms with van der Waals surface area (Å²) in [5, 5.41) is 0. The number of rotatable bonds is 3. The Morgan fingerprint density at radius 1 is 1.32 bits per heavy atom. The van der Waals surface area contributed by atoms with E-state index in [1.165, 1.54) is 22.3 Å². The molecule has 2 rings (SSSR count). The van der Waals surface area contributed by atoms with Crippen LogP contribution in [0.3, 0.4) is 0 Å². The van der Waals surface area contributed by atoms with Crippen LogP contribution >= 0.6 is 0 Å². The van der Waals surface area contributed by atoms with E-state index in [0.29, 0.717) is 6.04 Å². The summed E-state index contributed by atoms with van der Waals surface area (Å²) in [6.45, 7) is 9.34. The molecule has 0 aliphatic carbocycles. The SMILES string of the molecule is C=CC1=C(/C=C\C)C(c2ccccc2C)N(C)CC1. The highest BCUT2D eigenvalue weighted by Gasteiger charge is 2.26. The summed E-state index contributed by atoms with van der Waals surface area (Å²) in [5.74, 6) is 0. The van der Waals surface area contributed by atoms with Crippen molar-refractivity contribution in [1.29, 1.82) is 0 Å². The van der Waals surface area contributed by atoms with Gasteiger partial charge in [0.25, 0.3) is 0 Å². The minimum absolute atomic E-state index is 0.346. The zero-order valence-corrected chi connectivity index (χ0v) is 12.2. The van der Waals surface area contributed by atoms with E-state index in [2.05, 4.69) is 68.8 Å². The third-order valence-corrected chi connectivity index (χ3v) is 3.92. The number of hydrogen-bond donors (Lipinski definition) is 0. The summed E-state index contributed by atoms with van der Waals surface area (Å²) in [4.78, 5) is 2.44. The Labute approximate surface area is 116 Å². The Balaban J connectivity index is 2.56. The van der Waals surface area contributed by atoms with Crippen molar-refractivity contribution in [2.45, 2.75) is 26.3 Å². The highest BCUT2D eigenvalue weighted by molar-refractivity contribution is 5.45. The van der Waals surface area contributed by atoms with Crippen molar-refractivity contribution in [2.24, 2.45) is 0 Å². The van der Waals surface area contributed by atoms with Crippen molar-refractivity contribution in [1.82, 2.24) is 4.90 Å². The van der Waals surface area contributed by atoms with E-state index in [4.69, 9.17) is 0 Å². The average molecular weight is 253 g/mol. The van der Waals surface area contributed by atoms with E-state index in [1.807, 2.05) is 6.08 Å². The van der Waals surface area contributed by atoms with E-state index in [9.17, 15) is 0 Å². The van der Waals surface area contributed by atoms with Crippen molar-refractivity contribution >= 4 is 0 Å². The normalized spacial score (nSPS) is 21.1. The Bertz CT molecular complexity index is 522. The summed E-state index contributed by atoms with van der Waals surface area (Å²) < 4.78 is 0. The molecule has 1 nitrogen and oxygen atoms in total. The van der Waals surface area contributed by atoms with Crippen LogP contribution in [0.15, 0.2) is 60.2 Å². The molecule has 1 aromatic rings. The second-order valence-electron chi connectivity index (χ2n) is 5.17. The number of allylic oxidation sites excluding steroid dienone is 2. The van der Waals surface area contributed by atoms with Gasteiger partial charge < -0.3 is 0 Å². The van der Waals surface area contributed by atoms with Crippen LogP contribution in [0.5, 0.6) is 0 Å². The van der Waals surface area contributed by atoms with Crippen LogP contribution in [0, 0.1) is 6.92 Å². The second kappa shape index (κ2) is 6.03. The first-order valence-corrected chi connectivity index (χ1v) is 6.93. The fraction of sp³-hybridized carbons (Fsp3) is 0.333. The second-order valence-corrected chi connectivity index (χ2v) is 5.17. The van der Waals surface area contributed by atoms with E-state index in [-0.39, 0.29) is 0 Å². The van der Waals surface area contributed by atoms with Crippen LogP contribution in [0.4, 0.5) is 0 Å². The molecule has 1 aliphatic heterocycles. The van der Waals surface area contributed by atoms with Gasteiger partial charge in [0.15, 0.2) is 0 Å². The summed E-state index contributed by atoms with van der Waals surface area (Å²) in [6, 6.07) is 9.02. The van der Waals surface area contributed by atoms with Crippen LogP contribution in [0.25, 0.3) is 0 Å². The summed E-state index contributed by atoms with van der Waals surface area (Å²) in [5.41, 5.74) is 5.52. The maximum Gasteiger partial charge on any atom is 0.0604 e. The van der Waals surface area contributed by atoms with Gasteiger partial charge in [-0.05, 0) is 49.6 Å². The lowest BCUT2D eigenvalue weighted by Crippen LogP contribution is -2.31. The van der Waals surface area contributed by atoms with Crippen molar-refractivity contribution in [3.05, 3.63) is 71.3 Å². The number of benzene rings is 1. The number of likely N-dealkylation sites (N-methyl/N-ethyl adjacent to an activating group) is 1. The van der Waals surface area contributed by atoms with Gasteiger partial charge in [-0.25, -0.2) is 0 Å². The highest BCUT2D eigenvalue weighted by Crippen LogP contribution is 2.37. The molecule has 1 aliphatic rings. The lowest BCUT2D eigenvalue weighted by Gasteiger charge is -2.36. The molecule has 1 atom stereocenters. The quantitative estimate of drug-likeness (QED) is 0.770. The number of hydrogen-bond acceptors (Lipinski definition) is 1. The molecule has 0 bridgehead atoms. The molecule has 0 spiro atoms. The first kappa shape index (κ1) is 13.8. The largest absolute Gasteiger partial charge is 0.295 e. The van der Waals surface area contributed by atoms with Gasteiger partial charge in [0.1, 0.15) is 0 Å². The van der Waals surface area contributed by atoms with Crippen molar-refractivity contribution in [2.75, 3.05) is 13.6 Å². The first-order valence-electron chi connectivity index (χ1n) is 6.93. The van der Waals surface area contributed by atoms with Crippen molar-refractivity contribution < 1.29 is 0 Å². The monoisotopic (exact) mass is 253 g/mol. The molecule has 1 heterocycles. The summed E-state index contributed by atoms with van der Waals surface area (Å²) in [7, 11) is 2.21. The average Bonchev–Trinajstić information content (AvgIpc) is 2.41. The van der Waals surface area contributed by atoms with Gasteiger partial charge in [-0.2, -0.15) is 0 Å². The standard InChI is InChI=1S/C18H23N/c1-5-9-17-15(6-2)12-13-19(4)18(17)16-11-8-7-10-14(16)3/h5-11,18H,2,12-13H2,1,3-4H3/b9-5-. The van der Waals surface area contributed by atoms with Crippen LogP contribution < -0.4 is 0 Å². The van der Waals surface area contributed by atoms with Gasteiger partial charge in [0.05, 0.1) is 6.04 Å². The van der Waals surface area contributed by atoms with Gasteiger partial charge in [-0.3, -0.25) is 4.90 Å². The highest BCUT2D eigenvalue weighted by atomic mass is 15.1. The van der Waals surface area contributed by atoms with Gasteiger partial charge >= 0.3 is 0 Å². The Morgan fingerprint density at radius 2 is 2.05 bits per heavy atom. The lowest BCUT2D eigenvalue weighted by molar-refractivity contribution is 0.265. The smallest absolute Gasteiger partial charge is 0.0604 e. The third kappa shape index (κ3) is 2.71. The van der Waals surface area contributed by atoms with Crippen LogP contribution in [0.2, 0.25) is 0 Å². The lowest BCUT2D eigenvalue weighted by atomic mass is 9.86. The fourth-order valence-electron chi connectivity index (χ4n) is 2.88. The van der Waals surface area contributed by atoms with E-state index in [0.717, 1.165) is 13.0 Å². The number of aryl methyl sites for hydroxylation is 1. The molecule has 1 heteroatoms. The molecule has 0 fully saturated rings. The molecule has 0 saturated carbocycles. The van der Waals surface area contributed by atoms with Gasteiger partial charge in [0.2, 0.25) is 0 Å². The van der Waals surface area contributed by atoms with Crippen LogP contribution in [-0.2, 0) is 0 Å². The first-order chi connectivity index (χ1) is 9.19. The van der Waals surface area contributed by atoms with Crippen LogP contribution in [-0.4, -0.2) is 18.5 Å². The summed E-state index contributed by atoms with van der Waals surface area (Å²) >= 11 is 0. The molecular formula is C18H23N. The minimum Gasteiger partial charge on any atom is -0.295 e. The molecule has 0 saturated heterocycles. The van der Waals surface area contributed by atoms with Crippen LogP contribution in [0.1, 0.15) is 30.5 Å². The molecule has 0 N–H and O–H groups in total. The van der Waals surface area contributed by atoms with Gasteiger partial charge in [-0.15, -0.1) is 0 Å². The van der Waals surface area contributed by atoms with Gasteiger partial charge in [0, 0.05) is 6.54 Å². The molecular weight excluding hydrogens is 230 g/mol. The molecule has 0 radical (unpaired) electrons. The maximum atomic E-state index is 3.98. The van der Waals surface area contributed by atoms with Crippen molar-refractivity contribution in [3.63, 3.8) is 0 Å². The molecule has 19 heavy (non-hydrogen) atoms. The third-order valence-electron chi connectivity index (χ3n) is 3.92. The zero-order chi connectivity index (χ0) is 13.8. The predicted molar refractivity (Wildman–Crippen MR) is 83.2 cm³/mol. The molecule has 1 unspecified atom stereocenters. The molecule has 0 aromatic heterocycles. The predicted octanol–water partition coefficient (Wildman–Crippen LogP) is 4.43. The minimum atomic E-state index is 0.346. The van der Waals surface area contributed by atoms with Crippen molar-refractivity contribution in [3.8, 4) is 0 Å². The maximum absolute atomic E-state index is 3.98. The van der Waals surface area contributed by atoms with E-state index >= 15 is 0 Å². The fourth-order valence-corrected chi connectivity index (χ4v) is 2.88. The Hall–Kier alpha value is -1.60. The van der Waals surface area contributed by atoms with E-state index < -0.39 is 0 Å². The zero-order valence-electron chi connectivity index (χ0n) is 12.2. The summed E-state index contributed by atoms with van der Waals surface area (Å²) in [6.07, 6.45) is 7.47.